The summed E-state index contributed by atoms with van der Waals surface area (Å²) in [5.41, 5.74) is 9.61. The van der Waals surface area contributed by atoms with E-state index in [0.29, 0.717) is 6.04 Å². The molecule has 2 aromatic carbocycles. The van der Waals surface area contributed by atoms with Crippen LogP contribution in [-0.4, -0.2) is 64.9 Å². The van der Waals surface area contributed by atoms with E-state index >= 15 is 0 Å². The van der Waals surface area contributed by atoms with Gasteiger partial charge in [-0.3, -0.25) is 4.79 Å². The highest BCUT2D eigenvalue weighted by Gasteiger charge is 2.21. The van der Waals surface area contributed by atoms with Gasteiger partial charge in [-0.05, 0) is 55.3 Å². The molecule has 3 aromatic rings. The number of nitrogens with two attached hydrogens (primary N) is 1. The molecule has 2 aliphatic rings. The predicted molar refractivity (Wildman–Crippen MR) is 133 cm³/mol. The molecule has 0 atom stereocenters. The molecule has 0 spiro atoms. The number of piperazine rings is 1. The maximum atomic E-state index is 13.1. The Bertz CT molecular complexity index is 1150. The summed E-state index contributed by atoms with van der Waals surface area (Å²) in [6.45, 7) is 3.36. The van der Waals surface area contributed by atoms with E-state index in [9.17, 15) is 4.79 Å². The maximum Gasteiger partial charge on any atom is 0.253 e. The average molecular weight is 445 g/mol. The minimum Gasteiger partial charge on any atom is -0.368 e. The zero-order valence-electron chi connectivity index (χ0n) is 19.3. The van der Waals surface area contributed by atoms with Crippen LogP contribution in [0.3, 0.4) is 0 Å². The largest absolute Gasteiger partial charge is 0.368 e. The van der Waals surface area contributed by atoms with Crippen LogP contribution in [-0.2, 0) is 0 Å². The molecular formula is C26H32N6O. The van der Waals surface area contributed by atoms with Crippen LogP contribution in [0, 0.1) is 0 Å². The van der Waals surface area contributed by atoms with Gasteiger partial charge in [-0.1, -0.05) is 37.5 Å². The van der Waals surface area contributed by atoms with Gasteiger partial charge in [-0.2, -0.15) is 4.98 Å². The fourth-order valence-corrected chi connectivity index (χ4v) is 4.90. The van der Waals surface area contributed by atoms with E-state index < -0.39 is 0 Å². The number of carbonyl (C=O) groups is 1. The summed E-state index contributed by atoms with van der Waals surface area (Å²) in [4.78, 5) is 26.3. The van der Waals surface area contributed by atoms with Crippen LogP contribution >= 0.6 is 0 Å². The van der Waals surface area contributed by atoms with Crippen molar-refractivity contribution < 1.29 is 4.79 Å². The molecule has 0 bridgehead atoms. The normalized spacial score (nSPS) is 17.9. The maximum absolute atomic E-state index is 13.1. The average Bonchev–Trinajstić information content (AvgIpc) is 2.84. The zero-order valence-corrected chi connectivity index (χ0v) is 19.3. The van der Waals surface area contributed by atoms with Gasteiger partial charge in [0.2, 0.25) is 5.95 Å². The lowest BCUT2D eigenvalue weighted by Crippen LogP contribution is -2.47. The molecule has 33 heavy (non-hydrogen) atoms. The van der Waals surface area contributed by atoms with Gasteiger partial charge in [0.1, 0.15) is 5.82 Å². The van der Waals surface area contributed by atoms with Crippen molar-refractivity contribution in [3.8, 4) is 11.1 Å². The number of aromatic nitrogens is 2. The SMILES string of the molecule is CN1CCN(C(=O)c2cccc(-c3ccc4nc(N)nc(NC5CCCCC5)c4c3)c2)CC1. The summed E-state index contributed by atoms with van der Waals surface area (Å²) in [6, 6.07) is 14.5. The van der Waals surface area contributed by atoms with Crippen molar-refractivity contribution in [3.05, 3.63) is 48.0 Å². The molecule has 1 saturated heterocycles. The van der Waals surface area contributed by atoms with E-state index in [1.807, 2.05) is 41.3 Å². The third-order valence-corrected chi connectivity index (χ3v) is 6.89. The Hall–Kier alpha value is -3.19. The van der Waals surface area contributed by atoms with Gasteiger partial charge in [-0.25, -0.2) is 4.98 Å². The number of amides is 1. The van der Waals surface area contributed by atoms with Crippen molar-refractivity contribution in [2.75, 3.05) is 44.3 Å². The first-order valence-electron chi connectivity index (χ1n) is 12.0. The van der Waals surface area contributed by atoms with Crippen LogP contribution < -0.4 is 11.1 Å². The second kappa shape index (κ2) is 9.35. The number of benzene rings is 2. The van der Waals surface area contributed by atoms with E-state index in [2.05, 4.69) is 33.3 Å². The number of nitrogens with one attached hydrogen (secondary N) is 1. The van der Waals surface area contributed by atoms with E-state index in [1.54, 1.807) is 0 Å². The fourth-order valence-electron chi connectivity index (χ4n) is 4.90. The molecule has 1 aliphatic heterocycles. The zero-order chi connectivity index (χ0) is 22.8. The molecule has 7 nitrogen and oxygen atoms in total. The van der Waals surface area contributed by atoms with E-state index in [0.717, 1.165) is 72.4 Å². The number of likely N-dealkylation sites (N-methyl/N-ethyl adjacent to an activating group) is 1. The van der Waals surface area contributed by atoms with Crippen LogP contribution in [0.5, 0.6) is 0 Å². The molecule has 5 rings (SSSR count). The third-order valence-electron chi connectivity index (χ3n) is 6.89. The monoisotopic (exact) mass is 444 g/mol. The highest BCUT2D eigenvalue weighted by atomic mass is 16.2. The summed E-state index contributed by atoms with van der Waals surface area (Å²) in [5, 5.41) is 4.58. The second-order valence-electron chi connectivity index (χ2n) is 9.32. The third kappa shape index (κ3) is 4.78. The van der Waals surface area contributed by atoms with Crippen molar-refractivity contribution in [2.45, 2.75) is 38.1 Å². The summed E-state index contributed by atoms with van der Waals surface area (Å²) in [6.07, 6.45) is 6.10. The van der Waals surface area contributed by atoms with Crippen molar-refractivity contribution in [2.24, 2.45) is 0 Å². The molecule has 1 saturated carbocycles. The van der Waals surface area contributed by atoms with Gasteiger partial charge in [0, 0.05) is 43.2 Å². The minimum absolute atomic E-state index is 0.0986. The van der Waals surface area contributed by atoms with Crippen molar-refractivity contribution >= 4 is 28.6 Å². The molecule has 1 amide bonds. The van der Waals surface area contributed by atoms with Crippen LogP contribution in [0.4, 0.5) is 11.8 Å². The van der Waals surface area contributed by atoms with Crippen LogP contribution in [0.25, 0.3) is 22.0 Å². The molecule has 1 aliphatic carbocycles. The number of hydrogen-bond acceptors (Lipinski definition) is 6. The first kappa shape index (κ1) is 21.6. The molecule has 2 fully saturated rings. The first-order valence-corrected chi connectivity index (χ1v) is 12.0. The standard InChI is InChI=1S/C26H32N6O/c1-31-12-14-32(15-13-31)25(33)20-7-5-6-18(16-20)19-10-11-23-22(17-19)24(30-26(27)29-23)28-21-8-3-2-4-9-21/h5-7,10-11,16-17,21H,2-4,8-9,12-15H2,1H3,(H3,27,28,29,30). The van der Waals surface area contributed by atoms with E-state index in [4.69, 9.17) is 5.73 Å². The number of nitrogen functional groups attached to an aromatic ring is 1. The Morgan fingerprint density at radius 2 is 1.73 bits per heavy atom. The van der Waals surface area contributed by atoms with Gasteiger partial charge in [0.25, 0.3) is 5.91 Å². The highest BCUT2D eigenvalue weighted by Crippen LogP contribution is 2.30. The predicted octanol–water partition coefficient (Wildman–Crippen LogP) is 4.01. The molecule has 3 N–H and O–H groups in total. The Morgan fingerprint density at radius 1 is 0.970 bits per heavy atom. The summed E-state index contributed by atoms with van der Waals surface area (Å²) in [5.74, 6) is 1.19. The molecule has 0 radical (unpaired) electrons. The van der Waals surface area contributed by atoms with Gasteiger partial charge < -0.3 is 20.9 Å². The van der Waals surface area contributed by atoms with Gasteiger partial charge in [-0.15, -0.1) is 0 Å². The Kier molecular flexibility index (Phi) is 6.13. The molecule has 2 heterocycles. The number of fused-ring (bicyclic) bond motifs is 1. The topological polar surface area (TPSA) is 87.4 Å². The lowest BCUT2D eigenvalue weighted by molar-refractivity contribution is 0.0664. The first-order chi connectivity index (χ1) is 16.1. The number of carbonyl (C=O) groups excluding carboxylic acids is 1. The second-order valence-corrected chi connectivity index (χ2v) is 9.32. The van der Waals surface area contributed by atoms with Crippen LogP contribution in [0.15, 0.2) is 42.5 Å². The quantitative estimate of drug-likeness (QED) is 0.632. The molecular weight excluding hydrogens is 412 g/mol. The highest BCUT2D eigenvalue weighted by molar-refractivity contribution is 5.97. The summed E-state index contributed by atoms with van der Waals surface area (Å²) >= 11 is 0. The van der Waals surface area contributed by atoms with Crippen molar-refractivity contribution in [3.63, 3.8) is 0 Å². The van der Waals surface area contributed by atoms with Crippen LogP contribution in [0.1, 0.15) is 42.5 Å². The van der Waals surface area contributed by atoms with Crippen molar-refractivity contribution in [1.29, 1.82) is 0 Å². The lowest BCUT2D eigenvalue weighted by atomic mass is 9.95. The number of nitrogens with zero attached hydrogens (tertiary/aromatic N) is 4. The Morgan fingerprint density at radius 3 is 2.52 bits per heavy atom. The van der Waals surface area contributed by atoms with Crippen LogP contribution in [0.2, 0.25) is 0 Å². The Balaban J connectivity index is 1.45. The van der Waals surface area contributed by atoms with E-state index in [1.165, 1.54) is 19.3 Å². The summed E-state index contributed by atoms with van der Waals surface area (Å²) < 4.78 is 0. The van der Waals surface area contributed by atoms with Gasteiger partial charge >= 0.3 is 0 Å². The smallest absolute Gasteiger partial charge is 0.253 e. The number of hydrogen-bond donors (Lipinski definition) is 2. The molecule has 0 unspecified atom stereocenters. The minimum atomic E-state index is 0.0986. The molecule has 7 heteroatoms. The fraction of sp³-hybridized carbons (Fsp3) is 0.423. The Labute approximate surface area is 195 Å². The number of anilines is 2. The van der Waals surface area contributed by atoms with Crippen molar-refractivity contribution in [1.82, 2.24) is 19.8 Å². The van der Waals surface area contributed by atoms with Gasteiger partial charge in [0.05, 0.1) is 5.52 Å². The number of rotatable bonds is 4. The van der Waals surface area contributed by atoms with Gasteiger partial charge in [0.15, 0.2) is 0 Å². The van der Waals surface area contributed by atoms with E-state index in [-0.39, 0.29) is 11.9 Å². The molecule has 1 aromatic heterocycles. The lowest BCUT2D eigenvalue weighted by Gasteiger charge is -2.32. The molecule has 172 valence electrons. The summed E-state index contributed by atoms with van der Waals surface area (Å²) in [7, 11) is 2.09.